The van der Waals surface area contributed by atoms with Crippen LogP contribution in [0.25, 0.3) is 0 Å². The van der Waals surface area contributed by atoms with Crippen LogP contribution in [0.15, 0.2) is 12.3 Å². The molecule has 1 aliphatic rings. The number of likely N-dealkylation sites (tertiary alicyclic amines) is 1. The number of nitrogens with two attached hydrogens (primary N) is 1. The highest BCUT2D eigenvalue weighted by molar-refractivity contribution is 5.80. The molecule has 1 aromatic rings. The summed E-state index contributed by atoms with van der Waals surface area (Å²) in [6.45, 7) is 4.00. The first-order chi connectivity index (χ1) is 7.11. The number of hydrogen-bond acceptors (Lipinski definition) is 3. The molecule has 82 valence electrons. The molecule has 0 spiro atoms. The number of H-pyrrole nitrogens is 1. The summed E-state index contributed by atoms with van der Waals surface area (Å²) in [4.78, 5) is 13.6. The second-order valence-electron chi connectivity index (χ2n) is 4.22. The van der Waals surface area contributed by atoms with E-state index in [1.165, 1.54) is 0 Å². The van der Waals surface area contributed by atoms with Gasteiger partial charge in [-0.15, -0.1) is 0 Å². The van der Waals surface area contributed by atoms with Crippen molar-refractivity contribution in [2.45, 2.75) is 38.4 Å². The van der Waals surface area contributed by atoms with E-state index in [9.17, 15) is 4.79 Å². The summed E-state index contributed by atoms with van der Waals surface area (Å²) in [5.74, 6) is 0.122. The van der Waals surface area contributed by atoms with Crippen molar-refractivity contribution in [1.29, 1.82) is 0 Å². The van der Waals surface area contributed by atoms with Gasteiger partial charge in [-0.2, -0.15) is 5.10 Å². The van der Waals surface area contributed by atoms with Gasteiger partial charge in [0.15, 0.2) is 0 Å². The van der Waals surface area contributed by atoms with Gasteiger partial charge in [-0.3, -0.25) is 9.89 Å². The minimum absolute atomic E-state index is 0.0556. The van der Waals surface area contributed by atoms with E-state index >= 15 is 0 Å². The molecule has 2 heterocycles. The highest BCUT2D eigenvalue weighted by Gasteiger charge is 2.40. The molecule has 1 fully saturated rings. The van der Waals surface area contributed by atoms with Crippen molar-refractivity contribution in [2.24, 2.45) is 5.73 Å². The maximum absolute atomic E-state index is 11.7. The third-order valence-corrected chi connectivity index (χ3v) is 2.80. The molecule has 5 heteroatoms. The predicted octanol–water partition coefficient (Wildman–Crippen LogP) is 0.419. The van der Waals surface area contributed by atoms with Crippen molar-refractivity contribution in [3.8, 4) is 0 Å². The fourth-order valence-corrected chi connectivity index (χ4v) is 2.20. The Bertz CT molecular complexity index is 346. The van der Waals surface area contributed by atoms with E-state index in [2.05, 4.69) is 10.2 Å². The zero-order valence-corrected chi connectivity index (χ0v) is 8.97. The molecular formula is C10H16N4O. The van der Waals surface area contributed by atoms with E-state index in [4.69, 9.17) is 5.73 Å². The Morgan fingerprint density at radius 1 is 1.67 bits per heavy atom. The van der Waals surface area contributed by atoms with Crippen LogP contribution in [0.4, 0.5) is 0 Å². The van der Waals surface area contributed by atoms with Crippen LogP contribution in [0.2, 0.25) is 0 Å². The highest BCUT2D eigenvalue weighted by atomic mass is 16.2. The number of aromatic nitrogens is 2. The van der Waals surface area contributed by atoms with Crippen LogP contribution in [-0.2, 0) is 4.79 Å². The molecule has 3 N–H and O–H groups in total. The van der Waals surface area contributed by atoms with Crippen molar-refractivity contribution in [1.82, 2.24) is 15.1 Å². The lowest BCUT2D eigenvalue weighted by Gasteiger charge is -2.29. The average molecular weight is 208 g/mol. The van der Waals surface area contributed by atoms with Crippen LogP contribution in [0, 0.1) is 0 Å². The number of hydrogen-bond donors (Lipinski definition) is 2. The maximum Gasteiger partial charge on any atom is 0.225 e. The average Bonchev–Trinajstić information content (AvgIpc) is 2.71. The zero-order chi connectivity index (χ0) is 11.0. The van der Waals surface area contributed by atoms with Gasteiger partial charge in [-0.1, -0.05) is 0 Å². The number of carbonyl (C=O) groups excluding carboxylic acids is 1. The van der Waals surface area contributed by atoms with E-state index < -0.39 is 0 Å². The zero-order valence-electron chi connectivity index (χ0n) is 8.97. The summed E-state index contributed by atoms with van der Waals surface area (Å²) >= 11 is 0. The highest BCUT2D eigenvalue weighted by Crippen LogP contribution is 2.32. The van der Waals surface area contributed by atoms with Crippen molar-refractivity contribution in [3.63, 3.8) is 0 Å². The molecule has 1 amide bonds. The largest absolute Gasteiger partial charge is 0.330 e. The summed E-state index contributed by atoms with van der Waals surface area (Å²) in [5, 5.41) is 6.79. The van der Waals surface area contributed by atoms with E-state index in [1.54, 1.807) is 6.20 Å². The van der Waals surface area contributed by atoms with Crippen LogP contribution in [0.5, 0.6) is 0 Å². The summed E-state index contributed by atoms with van der Waals surface area (Å²) < 4.78 is 0. The monoisotopic (exact) mass is 208 g/mol. The van der Waals surface area contributed by atoms with Crippen LogP contribution in [-0.4, -0.2) is 33.1 Å². The molecule has 0 bridgehead atoms. The molecule has 0 unspecified atom stereocenters. The van der Waals surface area contributed by atoms with Gasteiger partial charge in [-0.25, -0.2) is 0 Å². The van der Waals surface area contributed by atoms with Crippen molar-refractivity contribution in [3.05, 3.63) is 18.0 Å². The molecule has 0 saturated carbocycles. The van der Waals surface area contributed by atoms with Gasteiger partial charge in [0, 0.05) is 24.7 Å². The molecule has 15 heavy (non-hydrogen) atoms. The van der Waals surface area contributed by atoms with Gasteiger partial charge in [0.25, 0.3) is 0 Å². The summed E-state index contributed by atoms with van der Waals surface area (Å²) in [6, 6.07) is 1.85. The third kappa shape index (κ3) is 1.63. The molecule has 2 rings (SSSR count). The lowest BCUT2D eigenvalue weighted by Crippen LogP contribution is -2.37. The summed E-state index contributed by atoms with van der Waals surface area (Å²) in [5.41, 5.74) is 6.90. The Morgan fingerprint density at radius 3 is 2.93 bits per heavy atom. The fraction of sp³-hybridized carbons (Fsp3) is 0.600. The standard InChI is InChI=1S/C10H16N4O/c1-6(2)14-9(15)5-7(11)10(14)8-3-4-12-13-8/h3-4,6-7,10H,5,11H2,1-2H3,(H,12,13)/t7-,10-/m0/s1. The first-order valence-electron chi connectivity index (χ1n) is 5.17. The van der Waals surface area contributed by atoms with E-state index in [0.717, 1.165) is 5.69 Å². The first kappa shape index (κ1) is 10.2. The Labute approximate surface area is 88.6 Å². The van der Waals surface area contributed by atoms with Crippen LogP contribution >= 0.6 is 0 Å². The van der Waals surface area contributed by atoms with Crippen molar-refractivity contribution < 1.29 is 4.79 Å². The Balaban J connectivity index is 2.32. The molecule has 1 aromatic heterocycles. The van der Waals surface area contributed by atoms with Crippen LogP contribution in [0.1, 0.15) is 32.0 Å². The number of rotatable bonds is 2. The third-order valence-electron chi connectivity index (χ3n) is 2.80. The van der Waals surface area contributed by atoms with Gasteiger partial charge in [0.1, 0.15) is 0 Å². The van der Waals surface area contributed by atoms with Gasteiger partial charge >= 0.3 is 0 Å². The molecule has 0 radical (unpaired) electrons. The fourth-order valence-electron chi connectivity index (χ4n) is 2.20. The molecular weight excluding hydrogens is 192 g/mol. The van der Waals surface area contributed by atoms with Crippen LogP contribution in [0.3, 0.4) is 0 Å². The van der Waals surface area contributed by atoms with Gasteiger partial charge in [0.05, 0.1) is 11.7 Å². The molecule has 0 aliphatic carbocycles. The van der Waals surface area contributed by atoms with Gasteiger partial charge < -0.3 is 10.6 Å². The maximum atomic E-state index is 11.7. The van der Waals surface area contributed by atoms with E-state index in [1.807, 2.05) is 24.8 Å². The topological polar surface area (TPSA) is 75.0 Å². The second kappa shape index (κ2) is 3.66. The molecule has 1 saturated heterocycles. The van der Waals surface area contributed by atoms with Crippen molar-refractivity contribution >= 4 is 5.91 Å². The van der Waals surface area contributed by atoms with Gasteiger partial charge in [0.2, 0.25) is 5.91 Å². The lowest BCUT2D eigenvalue weighted by atomic mass is 10.1. The Kier molecular flexibility index (Phi) is 2.48. The Hall–Kier alpha value is -1.36. The van der Waals surface area contributed by atoms with E-state index in [0.29, 0.717) is 6.42 Å². The number of amides is 1. The SMILES string of the molecule is CC(C)N1C(=O)C[C@H](N)[C@H]1c1ccn[nH]1. The summed E-state index contributed by atoms with van der Waals surface area (Å²) in [6.07, 6.45) is 2.10. The van der Waals surface area contributed by atoms with E-state index in [-0.39, 0.29) is 24.0 Å². The molecule has 0 aromatic carbocycles. The number of nitrogens with one attached hydrogen (secondary N) is 1. The van der Waals surface area contributed by atoms with Gasteiger partial charge in [-0.05, 0) is 19.9 Å². The second-order valence-corrected chi connectivity index (χ2v) is 4.22. The predicted molar refractivity (Wildman–Crippen MR) is 55.9 cm³/mol. The molecule has 1 aliphatic heterocycles. The smallest absolute Gasteiger partial charge is 0.225 e. The Morgan fingerprint density at radius 2 is 2.40 bits per heavy atom. The summed E-state index contributed by atoms with van der Waals surface area (Å²) in [7, 11) is 0. The lowest BCUT2D eigenvalue weighted by molar-refractivity contribution is -0.130. The normalized spacial score (nSPS) is 26.7. The number of nitrogens with zero attached hydrogens (tertiary/aromatic N) is 2. The molecule has 5 nitrogen and oxygen atoms in total. The minimum Gasteiger partial charge on any atom is -0.330 e. The first-order valence-corrected chi connectivity index (χ1v) is 5.17. The van der Waals surface area contributed by atoms with Crippen molar-refractivity contribution in [2.75, 3.05) is 0 Å². The van der Waals surface area contributed by atoms with Crippen LogP contribution < -0.4 is 5.73 Å². The minimum atomic E-state index is -0.139. The number of carbonyl (C=O) groups is 1. The quantitative estimate of drug-likeness (QED) is 0.739. The number of aromatic amines is 1. The molecule has 2 atom stereocenters.